The zero-order chi connectivity index (χ0) is 16.0. The minimum atomic E-state index is -4.45. The number of rotatable bonds is 6. The molecule has 6 heteroatoms. The van der Waals surface area contributed by atoms with Crippen LogP contribution in [0.25, 0.3) is 0 Å². The van der Waals surface area contributed by atoms with E-state index in [1.165, 1.54) is 18.2 Å². The summed E-state index contributed by atoms with van der Waals surface area (Å²) in [6.45, 7) is 0.424. The monoisotopic (exact) mass is 310 g/mol. The van der Waals surface area contributed by atoms with Gasteiger partial charge in [-0.1, -0.05) is 42.5 Å². The van der Waals surface area contributed by atoms with E-state index in [4.69, 9.17) is 10.6 Å². The van der Waals surface area contributed by atoms with Crippen molar-refractivity contribution >= 4 is 0 Å². The van der Waals surface area contributed by atoms with Gasteiger partial charge < -0.3 is 4.74 Å². The molecule has 2 aromatic rings. The van der Waals surface area contributed by atoms with Crippen LogP contribution in [0.5, 0.6) is 5.75 Å². The number of nitrogens with one attached hydrogen (secondary N) is 1. The first-order chi connectivity index (χ1) is 10.5. The van der Waals surface area contributed by atoms with Crippen LogP contribution in [-0.2, 0) is 6.18 Å². The van der Waals surface area contributed by atoms with Crippen molar-refractivity contribution in [2.45, 2.75) is 18.7 Å². The average Bonchev–Trinajstić information content (AvgIpc) is 2.51. The Kier molecular flexibility index (Phi) is 5.41. The van der Waals surface area contributed by atoms with E-state index >= 15 is 0 Å². The van der Waals surface area contributed by atoms with Gasteiger partial charge >= 0.3 is 6.18 Å². The lowest BCUT2D eigenvalue weighted by atomic mass is 10.1. The molecular weight excluding hydrogens is 293 g/mol. The summed E-state index contributed by atoms with van der Waals surface area (Å²) in [7, 11) is 0. The van der Waals surface area contributed by atoms with Gasteiger partial charge in [-0.15, -0.1) is 0 Å². The lowest BCUT2D eigenvalue weighted by molar-refractivity contribution is -0.139. The van der Waals surface area contributed by atoms with E-state index in [1.54, 1.807) is 0 Å². The first kappa shape index (κ1) is 16.3. The third kappa shape index (κ3) is 4.22. The van der Waals surface area contributed by atoms with Gasteiger partial charge in [-0.3, -0.25) is 11.3 Å². The van der Waals surface area contributed by atoms with Crippen LogP contribution in [0.1, 0.15) is 23.7 Å². The average molecular weight is 310 g/mol. The Morgan fingerprint density at radius 1 is 1.00 bits per heavy atom. The van der Waals surface area contributed by atoms with Crippen LogP contribution in [0.4, 0.5) is 13.2 Å². The number of hydrogen-bond donors (Lipinski definition) is 2. The molecule has 1 unspecified atom stereocenters. The third-order valence-electron chi connectivity index (χ3n) is 3.18. The second-order valence-corrected chi connectivity index (χ2v) is 4.75. The van der Waals surface area contributed by atoms with Crippen molar-refractivity contribution in [2.24, 2.45) is 5.84 Å². The highest BCUT2D eigenvalue weighted by Crippen LogP contribution is 2.38. The Labute approximate surface area is 126 Å². The molecule has 3 nitrogen and oxygen atoms in total. The molecule has 0 saturated heterocycles. The lowest BCUT2D eigenvalue weighted by Crippen LogP contribution is -2.26. The van der Waals surface area contributed by atoms with Crippen molar-refractivity contribution in [3.05, 3.63) is 65.7 Å². The molecule has 0 heterocycles. The summed E-state index contributed by atoms with van der Waals surface area (Å²) in [4.78, 5) is 0. The second-order valence-electron chi connectivity index (χ2n) is 4.75. The molecule has 0 aromatic heterocycles. The first-order valence-electron chi connectivity index (χ1n) is 6.83. The highest BCUT2D eigenvalue weighted by atomic mass is 19.4. The minimum absolute atomic E-state index is 0.180. The van der Waals surface area contributed by atoms with Gasteiger partial charge in [0.25, 0.3) is 0 Å². The number of para-hydroxylation sites is 1. The second kappa shape index (κ2) is 7.29. The smallest absolute Gasteiger partial charge is 0.419 e. The van der Waals surface area contributed by atoms with Crippen LogP contribution in [0.3, 0.4) is 0 Å². The molecule has 3 N–H and O–H groups in total. The van der Waals surface area contributed by atoms with Crippen molar-refractivity contribution in [3.8, 4) is 5.75 Å². The summed E-state index contributed by atoms with van der Waals surface area (Å²) in [6.07, 6.45) is -4.52. The summed E-state index contributed by atoms with van der Waals surface area (Å²) in [6, 6.07) is 14.3. The van der Waals surface area contributed by atoms with Gasteiger partial charge in [0.05, 0.1) is 5.56 Å². The maximum atomic E-state index is 13.0. The Hall–Kier alpha value is -2.05. The maximum Gasteiger partial charge on any atom is 0.419 e. The third-order valence-corrected chi connectivity index (χ3v) is 3.18. The van der Waals surface area contributed by atoms with Crippen LogP contribution < -0.4 is 16.0 Å². The highest BCUT2D eigenvalue weighted by Gasteiger charge is 2.34. The SMILES string of the molecule is NNCCC(Oc1ccccc1C(F)(F)F)c1ccccc1. The van der Waals surface area contributed by atoms with Crippen molar-refractivity contribution in [1.29, 1.82) is 0 Å². The van der Waals surface area contributed by atoms with Gasteiger partial charge in [-0.05, 0) is 17.7 Å². The topological polar surface area (TPSA) is 47.3 Å². The number of halogens is 3. The van der Waals surface area contributed by atoms with Crippen molar-refractivity contribution in [3.63, 3.8) is 0 Å². The fraction of sp³-hybridized carbons (Fsp3) is 0.250. The fourth-order valence-corrected chi connectivity index (χ4v) is 2.13. The molecule has 0 saturated carbocycles. The fourth-order valence-electron chi connectivity index (χ4n) is 2.13. The molecule has 0 aliphatic heterocycles. The Morgan fingerprint density at radius 3 is 2.27 bits per heavy atom. The number of ether oxygens (including phenoxy) is 1. The lowest BCUT2D eigenvalue weighted by Gasteiger charge is -2.22. The van der Waals surface area contributed by atoms with Gasteiger partial charge in [-0.25, -0.2) is 0 Å². The van der Waals surface area contributed by atoms with Gasteiger partial charge in [0.1, 0.15) is 11.9 Å². The minimum Gasteiger partial charge on any atom is -0.485 e. The van der Waals surface area contributed by atoms with Gasteiger partial charge in [-0.2, -0.15) is 13.2 Å². The van der Waals surface area contributed by atoms with E-state index in [1.807, 2.05) is 30.3 Å². The molecule has 0 spiro atoms. The van der Waals surface area contributed by atoms with Crippen molar-refractivity contribution in [2.75, 3.05) is 6.54 Å². The largest absolute Gasteiger partial charge is 0.485 e. The number of alkyl halides is 3. The normalized spacial score (nSPS) is 12.9. The van der Waals surface area contributed by atoms with E-state index in [0.29, 0.717) is 13.0 Å². The molecule has 1 atom stereocenters. The number of hydrogen-bond acceptors (Lipinski definition) is 3. The van der Waals surface area contributed by atoms with Crippen LogP contribution in [0.15, 0.2) is 54.6 Å². The Morgan fingerprint density at radius 2 is 1.64 bits per heavy atom. The quantitative estimate of drug-likeness (QED) is 0.632. The molecule has 118 valence electrons. The van der Waals surface area contributed by atoms with Crippen LogP contribution in [0.2, 0.25) is 0 Å². The number of benzene rings is 2. The molecule has 2 aromatic carbocycles. The van der Waals surface area contributed by atoms with Crippen LogP contribution in [0, 0.1) is 0 Å². The van der Waals surface area contributed by atoms with Crippen LogP contribution >= 0.6 is 0 Å². The zero-order valence-corrected chi connectivity index (χ0v) is 11.8. The molecule has 0 fully saturated rings. The predicted molar refractivity (Wildman–Crippen MR) is 78.1 cm³/mol. The van der Waals surface area contributed by atoms with Crippen molar-refractivity contribution < 1.29 is 17.9 Å². The van der Waals surface area contributed by atoms with E-state index < -0.39 is 17.8 Å². The van der Waals surface area contributed by atoms with E-state index in [9.17, 15) is 13.2 Å². The molecule has 0 radical (unpaired) electrons. The molecule has 0 aliphatic rings. The van der Waals surface area contributed by atoms with Gasteiger partial charge in [0.2, 0.25) is 0 Å². The van der Waals surface area contributed by atoms with E-state index in [2.05, 4.69) is 5.43 Å². The maximum absolute atomic E-state index is 13.0. The molecule has 0 amide bonds. The molecular formula is C16H17F3N2O. The highest BCUT2D eigenvalue weighted by molar-refractivity contribution is 5.36. The Bertz CT molecular complexity index is 587. The number of hydrazine groups is 1. The molecule has 0 aliphatic carbocycles. The predicted octanol–water partition coefficient (Wildman–Crippen LogP) is 3.68. The van der Waals surface area contributed by atoms with E-state index in [0.717, 1.165) is 11.6 Å². The standard InChI is InChI=1S/C16H17F3N2O/c17-16(18,19)13-8-4-5-9-15(13)22-14(10-11-21-20)12-6-2-1-3-7-12/h1-9,14,21H,10-11,20H2. The summed E-state index contributed by atoms with van der Waals surface area (Å²) in [5.41, 5.74) is 2.52. The molecule has 2 rings (SSSR count). The number of nitrogens with two attached hydrogens (primary N) is 1. The zero-order valence-electron chi connectivity index (χ0n) is 11.8. The first-order valence-corrected chi connectivity index (χ1v) is 6.83. The van der Waals surface area contributed by atoms with E-state index in [-0.39, 0.29) is 5.75 Å². The van der Waals surface area contributed by atoms with Crippen LogP contribution in [-0.4, -0.2) is 6.54 Å². The molecule has 0 bridgehead atoms. The molecule has 22 heavy (non-hydrogen) atoms. The summed E-state index contributed by atoms with van der Waals surface area (Å²) in [5.74, 6) is 5.08. The van der Waals surface area contributed by atoms with Gasteiger partial charge in [0, 0.05) is 13.0 Å². The summed E-state index contributed by atoms with van der Waals surface area (Å²) < 4.78 is 44.8. The van der Waals surface area contributed by atoms with Crippen molar-refractivity contribution in [1.82, 2.24) is 5.43 Å². The summed E-state index contributed by atoms with van der Waals surface area (Å²) >= 11 is 0. The Balaban J connectivity index is 2.28. The summed E-state index contributed by atoms with van der Waals surface area (Å²) in [5, 5.41) is 0. The van der Waals surface area contributed by atoms with Gasteiger partial charge in [0.15, 0.2) is 0 Å².